The number of aryl methyl sites for hydroxylation is 1. The van der Waals surface area contributed by atoms with Crippen LogP contribution in [0.5, 0.6) is 12.0 Å². The predicted molar refractivity (Wildman–Crippen MR) is 79.3 cm³/mol. The maximum absolute atomic E-state index is 5.09. The van der Waals surface area contributed by atoms with Gasteiger partial charge in [0.2, 0.25) is 5.95 Å². The Morgan fingerprint density at radius 1 is 1.09 bits per heavy atom. The van der Waals surface area contributed by atoms with Crippen LogP contribution < -0.4 is 14.4 Å². The molecule has 3 heterocycles. The zero-order valence-electron chi connectivity index (χ0n) is 12.9. The molecule has 0 saturated carbocycles. The number of hydrogen-bond donors (Lipinski definition) is 0. The molecule has 0 bridgehead atoms. The highest BCUT2D eigenvalue weighted by atomic mass is 16.5. The number of aromatic nitrogens is 5. The first-order chi connectivity index (χ1) is 10.7. The first kappa shape index (κ1) is 14.4. The molecule has 0 radical (unpaired) electrons. The van der Waals surface area contributed by atoms with Gasteiger partial charge in [0.25, 0.3) is 0 Å². The van der Waals surface area contributed by atoms with Crippen LogP contribution in [0, 0.1) is 6.92 Å². The van der Waals surface area contributed by atoms with Gasteiger partial charge >= 0.3 is 12.0 Å². The van der Waals surface area contributed by atoms with E-state index < -0.39 is 0 Å². The van der Waals surface area contributed by atoms with E-state index in [1.165, 1.54) is 14.2 Å². The first-order valence-corrected chi connectivity index (χ1v) is 7.08. The van der Waals surface area contributed by atoms with Crippen LogP contribution in [0.25, 0.3) is 0 Å². The Bertz CT molecular complexity index is 643. The van der Waals surface area contributed by atoms with Crippen LogP contribution >= 0.6 is 0 Å². The quantitative estimate of drug-likeness (QED) is 0.826. The van der Waals surface area contributed by atoms with E-state index in [-0.39, 0.29) is 17.9 Å². The van der Waals surface area contributed by atoms with Crippen molar-refractivity contribution < 1.29 is 9.47 Å². The van der Waals surface area contributed by atoms with E-state index in [1.807, 2.05) is 13.0 Å². The van der Waals surface area contributed by atoms with E-state index in [2.05, 4.69) is 29.8 Å². The molecule has 2 aromatic heterocycles. The van der Waals surface area contributed by atoms with Gasteiger partial charge in [0.1, 0.15) is 5.82 Å². The van der Waals surface area contributed by atoms with Crippen molar-refractivity contribution in [1.29, 1.82) is 0 Å². The molecule has 8 heteroatoms. The van der Waals surface area contributed by atoms with Crippen LogP contribution in [0.3, 0.4) is 0 Å². The van der Waals surface area contributed by atoms with Gasteiger partial charge in [-0.25, -0.2) is 9.97 Å². The third-order valence-corrected chi connectivity index (χ3v) is 3.60. The summed E-state index contributed by atoms with van der Waals surface area (Å²) in [6, 6.07) is 2.40. The van der Waals surface area contributed by atoms with Gasteiger partial charge < -0.3 is 14.4 Å². The molecule has 116 valence electrons. The highest BCUT2D eigenvalue weighted by Crippen LogP contribution is 2.28. The van der Waals surface area contributed by atoms with Crippen molar-refractivity contribution in [2.75, 3.05) is 32.2 Å². The normalized spacial score (nSPS) is 17.6. The second-order valence-corrected chi connectivity index (χ2v) is 5.10. The maximum Gasteiger partial charge on any atom is 0.324 e. The number of methoxy groups -OCH3 is 2. The topological polar surface area (TPSA) is 86.2 Å². The first-order valence-electron chi connectivity index (χ1n) is 7.08. The van der Waals surface area contributed by atoms with E-state index in [1.54, 1.807) is 6.20 Å². The summed E-state index contributed by atoms with van der Waals surface area (Å²) in [5.74, 6) is 1.70. The van der Waals surface area contributed by atoms with Crippen LogP contribution in [0.15, 0.2) is 12.3 Å². The minimum Gasteiger partial charge on any atom is -0.467 e. The summed E-state index contributed by atoms with van der Waals surface area (Å²) < 4.78 is 10.2. The van der Waals surface area contributed by atoms with Crippen molar-refractivity contribution in [2.24, 2.45) is 0 Å². The molecule has 2 aromatic rings. The van der Waals surface area contributed by atoms with Gasteiger partial charge in [0.15, 0.2) is 0 Å². The molecular formula is C14H18N6O2. The SMILES string of the molecule is COc1nc(OC)nc(N2CCC(c3nccc(C)n3)C2)n1. The highest BCUT2D eigenvalue weighted by molar-refractivity contribution is 5.35. The standard InChI is InChI=1S/C14H18N6O2/c1-9-4-6-15-11(16-9)10-5-7-20(8-10)12-17-13(21-2)19-14(18-12)22-3/h4,6,10H,5,7-8H2,1-3H3. The van der Waals surface area contributed by atoms with Crippen LogP contribution in [0.4, 0.5) is 5.95 Å². The zero-order valence-corrected chi connectivity index (χ0v) is 12.9. The second-order valence-electron chi connectivity index (χ2n) is 5.10. The minimum absolute atomic E-state index is 0.247. The van der Waals surface area contributed by atoms with E-state index in [0.717, 1.165) is 31.0 Å². The van der Waals surface area contributed by atoms with E-state index in [9.17, 15) is 0 Å². The molecule has 0 spiro atoms. The Morgan fingerprint density at radius 2 is 1.82 bits per heavy atom. The van der Waals surface area contributed by atoms with Gasteiger partial charge in [-0.05, 0) is 19.4 Å². The van der Waals surface area contributed by atoms with Crippen molar-refractivity contribution in [3.8, 4) is 12.0 Å². The van der Waals surface area contributed by atoms with Gasteiger partial charge in [-0.3, -0.25) is 0 Å². The molecule has 1 fully saturated rings. The fraction of sp³-hybridized carbons (Fsp3) is 0.500. The van der Waals surface area contributed by atoms with Crippen molar-refractivity contribution in [3.05, 3.63) is 23.8 Å². The Hall–Kier alpha value is -2.51. The van der Waals surface area contributed by atoms with Crippen molar-refractivity contribution in [1.82, 2.24) is 24.9 Å². The van der Waals surface area contributed by atoms with Gasteiger partial charge in [-0.2, -0.15) is 9.97 Å². The average molecular weight is 302 g/mol. The van der Waals surface area contributed by atoms with E-state index in [4.69, 9.17) is 9.47 Å². The minimum atomic E-state index is 0.247. The third-order valence-electron chi connectivity index (χ3n) is 3.60. The predicted octanol–water partition coefficient (Wildman–Crippen LogP) is 0.981. The molecule has 1 aliphatic rings. The lowest BCUT2D eigenvalue weighted by atomic mass is 10.1. The summed E-state index contributed by atoms with van der Waals surface area (Å²) in [7, 11) is 3.04. The van der Waals surface area contributed by atoms with Crippen LogP contribution in [-0.2, 0) is 0 Å². The van der Waals surface area contributed by atoms with Crippen LogP contribution in [0.2, 0.25) is 0 Å². The molecule has 0 aromatic carbocycles. The summed E-state index contributed by atoms with van der Waals surface area (Å²) in [6.07, 6.45) is 2.76. The highest BCUT2D eigenvalue weighted by Gasteiger charge is 2.28. The molecule has 1 aliphatic heterocycles. The Kier molecular flexibility index (Phi) is 3.99. The van der Waals surface area contributed by atoms with Crippen LogP contribution in [0.1, 0.15) is 23.9 Å². The number of anilines is 1. The summed E-state index contributed by atoms with van der Waals surface area (Å²) in [5, 5.41) is 0. The summed E-state index contributed by atoms with van der Waals surface area (Å²) in [6.45, 7) is 3.57. The summed E-state index contributed by atoms with van der Waals surface area (Å²) >= 11 is 0. The molecule has 1 unspecified atom stereocenters. The molecule has 22 heavy (non-hydrogen) atoms. The monoisotopic (exact) mass is 302 g/mol. The molecule has 1 saturated heterocycles. The molecule has 3 rings (SSSR count). The smallest absolute Gasteiger partial charge is 0.324 e. The van der Waals surface area contributed by atoms with E-state index in [0.29, 0.717) is 5.95 Å². The number of hydrogen-bond acceptors (Lipinski definition) is 8. The fourth-order valence-electron chi connectivity index (χ4n) is 2.47. The lowest BCUT2D eigenvalue weighted by Gasteiger charge is -2.16. The van der Waals surface area contributed by atoms with Gasteiger partial charge in [0, 0.05) is 30.9 Å². The largest absolute Gasteiger partial charge is 0.467 e. The second kappa shape index (κ2) is 6.08. The van der Waals surface area contributed by atoms with Crippen molar-refractivity contribution >= 4 is 5.95 Å². The summed E-state index contributed by atoms with van der Waals surface area (Å²) in [4.78, 5) is 23.5. The van der Waals surface area contributed by atoms with Gasteiger partial charge in [-0.15, -0.1) is 4.98 Å². The average Bonchev–Trinajstić information content (AvgIpc) is 3.04. The molecule has 1 atom stereocenters. The molecule has 8 nitrogen and oxygen atoms in total. The lowest BCUT2D eigenvalue weighted by molar-refractivity contribution is 0.340. The lowest BCUT2D eigenvalue weighted by Crippen LogP contribution is -2.23. The molecule has 0 amide bonds. The molecule has 0 aliphatic carbocycles. The number of ether oxygens (including phenoxy) is 2. The molecule has 0 N–H and O–H groups in total. The van der Waals surface area contributed by atoms with Gasteiger partial charge in [-0.1, -0.05) is 0 Å². The van der Waals surface area contributed by atoms with Crippen molar-refractivity contribution in [3.63, 3.8) is 0 Å². The molecular weight excluding hydrogens is 284 g/mol. The number of nitrogens with zero attached hydrogens (tertiary/aromatic N) is 6. The Labute approximate surface area is 128 Å². The third kappa shape index (κ3) is 2.90. The Balaban J connectivity index is 1.80. The zero-order chi connectivity index (χ0) is 15.5. The maximum atomic E-state index is 5.09. The van der Waals surface area contributed by atoms with Crippen molar-refractivity contribution in [2.45, 2.75) is 19.3 Å². The number of rotatable bonds is 4. The van der Waals surface area contributed by atoms with Crippen LogP contribution in [-0.4, -0.2) is 52.2 Å². The Morgan fingerprint density at radius 3 is 2.45 bits per heavy atom. The van der Waals surface area contributed by atoms with Gasteiger partial charge in [0.05, 0.1) is 14.2 Å². The summed E-state index contributed by atoms with van der Waals surface area (Å²) in [5.41, 5.74) is 0.979. The fourth-order valence-corrected chi connectivity index (χ4v) is 2.47. The van der Waals surface area contributed by atoms with E-state index >= 15 is 0 Å².